The zero-order chi connectivity index (χ0) is 11.8. The molecule has 3 rings (SSSR count). The van der Waals surface area contributed by atoms with Gasteiger partial charge in [-0.2, -0.15) is 0 Å². The van der Waals surface area contributed by atoms with Crippen LogP contribution in [0.2, 0.25) is 0 Å². The van der Waals surface area contributed by atoms with Crippen LogP contribution in [-0.4, -0.2) is 35.5 Å². The van der Waals surface area contributed by atoms with Crippen LogP contribution in [0.4, 0.5) is 0 Å². The van der Waals surface area contributed by atoms with Crippen molar-refractivity contribution in [3.63, 3.8) is 0 Å². The van der Waals surface area contributed by atoms with E-state index in [0.29, 0.717) is 18.0 Å². The van der Waals surface area contributed by atoms with Gasteiger partial charge in [0.15, 0.2) is 0 Å². The normalized spacial score (nSPS) is 31.0. The maximum Gasteiger partial charge on any atom is 0.240 e. The third-order valence-electron chi connectivity index (χ3n) is 4.47. The molecule has 1 saturated heterocycles. The van der Waals surface area contributed by atoms with E-state index in [9.17, 15) is 4.79 Å². The lowest BCUT2D eigenvalue weighted by Crippen LogP contribution is -2.43. The van der Waals surface area contributed by atoms with Gasteiger partial charge in [-0.3, -0.25) is 4.79 Å². The summed E-state index contributed by atoms with van der Waals surface area (Å²) in [6, 6.07) is 1.30. The molecule has 96 valence electrons. The first-order valence-electron chi connectivity index (χ1n) is 7.34. The topological polar surface area (TPSA) is 32.3 Å². The van der Waals surface area contributed by atoms with Gasteiger partial charge in [0.1, 0.15) is 0 Å². The van der Waals surface area contributed by atoms with Crippen molar-refractivity contribution in [1.82, 2.24) is 10.2 Å². The first-order chi connectivity index (χ1) is 8.28. The third kappa shape index (κ3) is 2.65. The van der Waals surface area contributed by atoms with Crippen molar-refractivity contribution in [3.8, 4) is 0 Å². The Bertz CT molecular complexity index is 297. The van der Waals surface area contributed by atoms with Gasteiger partial charge in [0, 0.05) is 18.6 Å². The number of hydrogen-bond acceptors (Lipinski definition) is 2. The molecule has 1 aliphatic heterocycles. The van der Waals surface area contributed by atoms with Crippen molar-refractivity contribution in [3.05, 3.63) is 0 Å². The molecule has 1 amide bonds. The molecule has 0 bridgehead atoms. The molecule has 0 aromatic heterocycles. The summed E-state index contributed by atoms with van der Waals surface area (Å²) in [7, 11) is 0. The summed E-state index contributed by atoms with van der Waals surface area (Å²) < 4.78 is 0. The molecule has 0 aromatic rings. The smallest absolute Gasteiger partial charge is 0.240 e. The fourth-order valence-electron chi connectivity index (χ4n) is 3.01. The molecule has 1 N–H and O–H groups in total. The third-order valence-corrected chi connectivity index (χ3v) is 4.47. The molecule has 1 heterocycles. The van der Waals surface area contributed by atoms with Crippen molar-refractivity contribution in [1.29, 1.82) is 0 Å². The second-order valence-electron chi connectivity index (χ2n) is 6.05. The predicted molar refractivity (Wildman–Crippen MR) is 67.7 cm³/mol. The van der Waals surface area contributed by atoms with E-state index in [4.69, 9.17) is 0 Å². The molecule has 17 heavy (non-hydrogen) atoms. The van der Waals surface area contributed by atoms with Crippen LogP contribution in [0, 0.1) is 5.92 Å². The number of rotatable bonds is 6. The van der Waals surface area contributed by atoms with Crippen LogP contribution in [0.15, 0.2) is 0 Å². The maximum atomic E-state index is 12.3. The highest BCUT2D eigenvalue weighted by atomic mass is 16.2. The molecule has 2 aliphatic carbocycles. The highest BCUT2D eigenvalue weighted by molar-refractivity contribution is 5.84. The summed E-state index contributed by atoms with van der Waals surface area (Å²) >= 11 is 0. The monoisotopic (exact) mass is 236 g/mol. The SMILES string of the molecule is CCC(CC1CC1)N1CCC(NC2CC2)C1=O. The van der Waals surface area contributed by atoms with E-state index in [1.54, 1.807) is 0 Å². The van der Waals surface area contributed by atoms with E-state index in [1.807, 2.05) is 0 Å². The molecular weight excluding hydrogens is 212 g/mol. The van der Waals surface area contributed by atoms with E-state index >= 15 is 0 Å². The zero-order valence-corrected chi connectivity index (χ0v) is 10.8. The molecule has 0 aromatic carbocycles. The fraction of sp³-hybridized carbons (Fsp3) is 0.929. The molecular formula is C14H24N2O. The Morgan fingerprint density at radius 2 is 2.06 bits per heavy atom. The van der Waals surface area contributed by atoms with Gasteiger partial charge >= 0.3 is 0 Å². The zero-order valence-electron chi connectivity index (χ0n) is 10.8. The largest absolute Gasteiger partial charge is 0.338 e. The number of amides is 1. The molecule has 2 saturated carbocycles. The molecule has 2 unspecified atom stereocenters. The number of likely N-dealkylation sites (tertiary alicyclic amines) is 1. The summed E-state index contributed by atoms with van der Waals surface area (Å²) in [5.74, 6) is 1.30. The Hall–Kier alpha value is -0.570. The lowest BCUT2D eigenvalue weighted by molar-refractivity contribution is -0.131. The van der Waals surface area contributed by atoms with E-state index in [0.717, 1.165) is 25.3 Å². The Kier molecular flexibility index (Phi) is 3.12. The second-order valence-corrected chi connectivity index (χ2v) is 6.05. The highest BCUT2D eigenvalue weighted by Gasteiger charge is 2.39. The number of hydrogen-bond donors (Lipinski definition) is 1. The van der Waals surface area contributed by atoms with Crippen molar-refractivity contribution in [2.24, 2.45) is 5.92 Å². The standard InChI is InChI=1S/C14H24N2O/c1-2-12(9-10-3-4-10)16-8-7-13(14(16)17)15-11-5-6-11/h10-13,15H,2-9H2,1H3. The quantitative estimate of drug-likeness (QED) is 0.764. The minimum Gasteiger partial charge on any atom is -0.338 e. The van der Waals surface area contributed by atoms with Gasteiger partial charge < -0.3 is 10.2 Å². The molecule has 0 radical (unpaired) electrons. The summed E-state index contributed by atoms with van der Waals surface area (Å²) in [5.41, 5.74) is 0. The predicted octanol–water partition coefficient (Wildman–Crippen LogP) is 1.92. The summed E-state index contributed by atoms with van der Waals surface area (Å²) in [6.07, 6.45) is 8.71. The van der Waals surface area contributed by atoms with Crippen molar-refractivity contribution >= 4 is 5.91 Å². The Morgan fingerprint density at radius 1 is 1.29 bits per heavy atom. The van der Waals surface area contributed by atoms with Gasteiger partial charge in [-0.25, -0.2) is 0 Å². The van der Waals surface area contributed by atoms with Crippen LogP contribution in [0.25, 0.3) is 0 Å². The van der Waals surface area contributed by atoms with Crippen molar-refractivity contribution < 1.29 is 4.79 Å². The van der Waals surface area contributed by atoms with Crippen molar-refractivity contribution in [2.45, 2.75) is 70.0 Å². The van der Waals surface area contributed by atoms with Crippen LogP contribution < -0.4 is 5.32 Å². The molecule has 3 fully saturated rings. The number of carbonyl (C=O) groups excluding carboxylic acids is 1. The average Bonchev–Trinajstić information content (AvgIpc) is 3.21. The Morgan fingerprint density at radius 3 is 2.65 bits per heavy atom. The Balaban J connectivity index is 1.56. The Labute approximate surface area is 104 Å². The average molecular weight is 236 g/mol. The second kappa shape index (κ2) is 4.60. The minimum atomic E-state index is 0.135. The first kappa shape index (κ1) is 11.5. The van der Waals surface area contributed by atoms with Crippen LogP contribution in [0.5, 0.6) is 0 Å². The molecule has 3 aliphatic rings. The lowest BCUT2D eigenvalue weighted by Gasteiger charge is -2.27. The van der Waals surface area contributed by atoms with Gasteiger partial charge in [-0.1, -0.05) is 19.8 Å². The highest BCUT2D eigenvalue weighted by Crippen LogP contribution is 2.36. The molecule has 3 nitrogen and oxygen atoms in total. The molecule has 2 atom stereocenters. The fourth-order valence-corrected chi connectivity index (χ4v) is 3.01. The molecule has 3 heteroatoms. The first-order valence-corrected chi connectivity index (χ1v) is 7.34. The summed E-state index contributed by atoms with van der Waals surface area (Å²) in [5, 5.41) is 3.49. The van der Waals surface area contributed by atoms with E-state index in [2.05, 4.69) is 17.1 Å². The van der Waals surface area contributed by atoms with E-state index in [1.165, 1.54) is 32.1 Å². The summed E-state index contributed by atoms with van der Waals surface area (Å²) in [4.78, 5) is 14.5. The number of nitrogens with zero attached hydrogens (tertiary/aromatic N) is 1. The van der Waals surface area contributed by atoms with Crippen LogP contribution in [-0.2, 0) is 4.79 Å². The molecule has 0 spiro atoms. The van der Waals surface area contributed by atoms with Gasteiger partial charge in [-0.15, -0.1) is 0 Å². The van der Waals surface area contributed by atoms with Gasteiger partial charge in [0.2, 0.25) is 5.91 Å². The van der Waals surface area contributed by atoms with Gasteiger partial charge in [-0.05, 0) is 38.0 Å². The minimum absolute atomic E-state index is 0.135. The lowest BCUT2D eigenvalue weighted by atomic mass is 10.1. The maximum absolute atomic E-state index is 12.3. The number of carbonyl (C=O) groups is 1. The van der Waals surface area contributed by atoms with Gasteiger partial charge in [0.25, 0.3) is 0 Å². The van der Waals surface area contributed by atoms with Crippen LogP contribution >= 0.6 is 0 Å². The van der Waals surface area contributed by atoms with E-state index < -0.39 is 0 Å². The number of nitrogens with one attached hydrogen (secondary N) is 1. The van der Waals surface area contributed by atoms with E-state index in [-0.39, 0.29) is 6.04 Å². The summed E-state index contributed by atoms with van der Waals surface area (Å²) in [6.45, 7) is 3.20. The van der Waals surface area contributed by atoms with Crippen LogP contribution in [0.1, 0.15) is 51.9 Å². The van der Waals surface area contributed by atoms with Crippen LogP contribution in [0.3, 0.4) is 0 Å². The van der Waals surface area contributed by atoms with Gasteiger partial charge in [0.05, 0.1) is 6.04 Å². The van der Waals surface area contributed by atoms with Crippen molar-refractivity contribution in [2.75, 3.05) is 6.54 Å².